The molecule has 1 aliphatic heterocycles. The molecule has 2 aromatic heterocycles. The van der Waals surface area contributed by atoms with E-state index in [1.54, 1.807) is 49.4 Å². The first-order valence-corrected chi connectivity index (χ1v) is 13.7. The molecule has 15 nitrogen and oxygen atoms in total. The van der Waals surface area contributed by atoms with Crippen LogP contribution >= 0.6 is 0 Å². The van der Waals surface area contributed by atoms with E-state index in [0.717, 1.165) is 12.8 Å². The zero-order chi connectivity index (χ0) is 28.3. The number of aromatic nitrogens is 4. The summed E-state index contributed by atoms with van der Waals surface area (Å²) in [7, 11) is -0.606. The van der Waals surface area contributed by atoms with E-state index >= 15 is 0 Å². The van der Waals surface area contributed by atoms with E-state index in [1.807, 2.05) is 4.90 Å². The third-order valence-electron chi connectivity index (χ3n) is 6.17. The highest BCUT2D eigenvalue weighted by Gasteiger charge is 2.26. The number of anilines is 1. The van der Waals surface area contributed by atoms with Crippen LogP contribution in [-0.2, 0) is 24.1 Å². The van der Waals surface area contributed by atoms with E-state index in [4.69, 9.17) is 5.14 Å². The zero-order valence-corrected chi connectivity index (χ0v) is 22.5. The van der Waals surface area contributed by atoms with Crippen molar-refractivity contribution in [2.24, 2.45) is 49.9 Å². The monoisotopic (exact) mass is 562 g/mol. The van der Waals surface area contributed by atoms with Gasteiger partial charge in [0.25, 0.3) is 0 Å². The van der Waals surface area contributed by atoms with Gasteiger partial charge in [-0.2, -0.15) is 10.2 Å². The van der Waals surface area contributed by atoms with Gasteiger partial charge in [-0.05, 0) is 31.0 Å². The first-order chi connectivity index (χ1) is 19.2. The van der Waals surface area contributed by atoms with E-state index in [-0.39, 0.29) is 27.7 Å². The zero-order valence-electron chi connectivity index (χ0n) is 21.7. The molecule has 206 valence electrons. The highest BCUT2D eigenvalue weighted by atomic mass is 32.2. The molecule has 2 aromatic carbocycles. The van der Waals surface area contributed by atoms with Gasteiger partial charge in [0.05, 0.1) is 18.1 Å². The van der Waals surface area contributed by atoms with Gasteiger partial charge >= 0.3 is 0 Å². The van der Waals surface area contributed by atoms with Gasteiger partial charge in [-0.15, -0.1) is 30.7 Å². The van der Waals surface area contributed by atoms with Crippen molar-refractivity contribution in [3.8, 4) is 5.75 Å². The Morgan fingerprint density at radius 3 is 1.98 bits per heavy atom. The average Bonchev–Trinajstić information content (AvgIpc) is 3.69. The van der Waals surface area contributed by atoms with Crippen LogP contribution in [0, 0.1) is 0 Å². The summed E-state index contributed by atoms with van der Waals surface area (Å²) in [5.41, 5.74) is 0.969. The van der Waals surface area contributed by atoms with E-state index in [1.165, 1.54) is 28.9 Å². The summed E-state index contributed by atoms with van der Waals surface area (Å²) in [4.78, 5) is 1.84. The summed E-state index contributed by atoms with van der Waals surface area (Å²) < 4.78 is 27.2. The van der Waals surface area contributed by atoms with Gasteiger partial charge in [-0.1, -0.05) is 12.1 Å². The van der Waals surface area contributed by atoms with Crippen LogP contribution in [0.1, 0.15) is 12.8 Å². The predicted molar refractivity (Wildman–Crippen MR) is 146 cm³/mol. The lowest BCUT2D eigenvalue weighted by Crippen LogP contribution is -2.17. The van der Waals surface area contributed by atoms with Gasteiger partial charge < -0.3 is 10.0 Å². The normalized spacial score (nSPS) is 14.4. The summed E-state index contributed by atoms with van der Waals surface area (Å²) in [5.74, 6) is 0.645. The molecule has 1 fully saturated rings. The Kier molecular flexibility index (Phi) is 7.43. The molecule has 0 radical (unpaired) electrons. The fraction of sp³-hybridized carbons (Fsp3) is 0.250. The van der Waals surface area contributed by atoms with E-state index < -0.39 is 10.0 Å². The summed E-state index contributed by atoms with van der Waals surface area (Å²) in [6.07, 6.45) is 5.08. The van der Waals surface area contributed by atoms with Crippen LogP contribution in [0.3, 0.4) is 0 Å². The lowest BCUT2D eigenvalue weighted by Gasteiger charge is -2.22. The molecule has 3 N–H and O–H groups in total. The molecule has 0 bridgehead atoms. The predicted octanol–water partition coefficient (Wildman–Crippen LogP) is 5.35. The fourth-order valence-electron chi connectivity index (χ4n) is 4.15. The Hall–Kier alpha value is -4.83. The van der Waals surface area contributed by atoms with Crippen LogP contribution in [0.4, 0.5) is 40.1 Å². The number of rotatable bonds is 8. The molecule has 0 aliphatic carbocycles. The first kappa shape index (κ1) is 26.8. The van der Waals surface area contributed by atoms with E-state index in [9.17, 15) is 13.5 Å². The first-order valence-electron chi connectivity index (χ1n) is 12.2. The number of hydrogen-bond acceptors (Lipinski definition) is 12. The summed E-state index contributed by atoms with van der Waals surface area (Å²) >= 11 is 0. The molecule has 3 heterocycles. The number of nitrogens with two attached hydrogens (primary N) is 1. The molecule has 0 atom stereocenters. The number of phenolic OH excluding ortho intramolecular Hbond substituents is 1. The maximum absolute atomic E-state index is 12.0. The van der Waals surface area contributed by atoms with Gasteiger partial charge in [0, 0.05) is 39.3 Å². The topological polar surface area (TPSA) is 193 Å². The van der Waals surface area contributed by atoms with E-state index in [0.29, 0.717) is 36.1 Å². The van der Waals surface area contributed by atoms with Crippen molar-refractivity contribution < 1.29 is 13.5 Å². The second-order valence-corrected chi connectivity index (χ2v) is 10.4. The van der Waals surface area contributed by atoms with Crippen LogP contribution < -0.4 is 10.0 Å². The molecule has 0 unspecified atom stereocenters. The highest BCUT2D eigenvalue weighted by Crippen LogP contribution is 2.51. The lowest BCUT2D eigenvalue weighted by molar-refractivity contribution is 0.477. The minimum Gasteiger partial charge on any atom is -0.504 e. The number of aromatic hydroxyl groups is 1. The maximum atomic E-state index is 12.0. The Morgan fingerprint density at radius 1 is 0.800 bits per heavy atom. The number of hydrogen-bond donors (Lipinski definition) is 2. The van der Waals surface area contributed by atoms with Gasteiger partial charge in [-0.3, -0.25) is 0 Å². The summed E-state index contributed by atoms with van der Waals surface area (Å²) in [6, 6.07) is 10.8. The SMILES string of the molecule is Cn1nccc1/N=N/c1cc(/N=N/c2ccccc2S(N)(=O)=O)c(O)c(/N=N/c2ccnn2C)c1N1CCCC1. The van der Waals surface area contributed by atoms with Crippen LogP contribution in [-0.4, -0.2) is 46.2 Å². The highest BCUT2D eigenvalue weighted by molar-refractivity contribution is 7.89. The molecule has 1 saturated heterocycles. The second kappa shape index (κ2) is 11.1. The largest absolute Gasteiger partial charge is 0.504 e. The minimum absolute atomic E-state index is 0.00383. The van der Waals surface area contributed by atoms with Gasteiger partial charge in [0.2, 0.25) is 10.0 Å². The molecule has 5 rings (SSSR count). The van der Waals surface area contributed by atoms with Crippen LogP contribution in [0.2, 0.25) is 0 Å². The van der Waals surface area contributed by atoms with Crippen molar-refractivity contribution in [1.82, 2.24) is 19.6 Å². The smallest absolute Gasteiger partial charge is 0.240 e. The summed E-state index contributed by atoms with van der Waals surface area (Å²) in [6.45, 7) is 1.43. The van der Waals surface area contributed by atoms with E-state index in [2.05, 4.69) is 40.9 Å². The van der Waals surface area contributed by atoms with Crippen molar-refractivity contribution in [3.63, 3.8) is 0 Å². The number of aryl methyl sites for hydroxylation is 2. The molecule has 0 amide bonds. The van der Waals surface area contributed by atoms with Crippen molar-refractivity contribution in [1.29, 1.82) is 0 Å². The third-order valence-corrected chi connectivity index (χ3v) is 7.13. The number of benzene rings is 2. The molecular formula is C24H26N12O3S. The van der Waals surface area contributed by atoms with Crippen LogP contribution in [0.5, 0.6) is 5.75 Å². The Bertz CT molecular complexity index is 1730. The number of nitrogens with zero attached hydrogens (tertiary/aromatic N) is 11. The quantitative estimate of drug-likeness (QED) is 0.271. The molecular weight excluding hydrogens is 536 g/mol. The Labute approximate surface area is 229 Å². The fourth-order valence-corrected chi connectivity index (χ4v) is 4.81. The standard InChI is InChI=1S/C24H26N12O3S/c1-34-20(9-11-26-34)31-29-17-15-18(30-28-16-7-3-4-8-19(16)40(25,38)39)24(37)22(23(17)36-13-5-6-14-36)33-32-21-10-12-27-35(21)2/h3-4,7-12,15,37H,5-6,13-14H2,1-2H3,(H2,25,38,39)/b30-28+,31-29+,33-32+. The minimum atomic E-state index is -4.06. The van der Waals surface area contributed by atoms with Crippen molar-refractivity contribution in [2.45, 2.75) is 17.7 Å². The van der Waals surface area contributed by atoms with Crippen LogP contribution in [0.15, 0.2) is 90.4 Å². The molecule has 16 heteroatoms. The molecule has 4 aromatic rings. The summed E-state index contributed by atoms with van der Waals surface area (Å²) in [5, 5.41) is 50.6. The molecule has 40 heavy (non-hydrogen) atoms. The molecule has 1 aliphatic rings. The number of azo groups is 3. The van der Waals surface area contributed by atoms with Gasteiger partial charge in [0.1, 0.15) is 22.0 Å². The van der Waals surface area contributed by atoms with Gasteiger partial charge in [-0.25, -0.2) is 22.9 Å². The average molecular weight is 563 g/mol. The number of phenols is 1. The van der Waals surface area contributed by atoms with Gasteiger partial charge in [0.15, 0.2) is 23.1 Å². The number of primary sulfonamides is 1. The maximum Gasteiger partial charge on any atom is 0.240 e. The lowest BCUT2D eigenvalue weighted by atomic mass is 10.1. The molecule has 0 spiro atoms. The molecule has 0 saturated carbocycles. The van der Waals surface area contributed by atoms with Crippen molar-refractivity contribution >= 4 is 50.1 Å². The van der Waals surface area contributed by atoms with Crippen molar-refractivity contribution in [2.75, 3.05) is 18.0 Å². The van der Waals surface area contributed by atoms with Crippen LogP contribution in [0.25, 0.3) is 0 Å². The van der Waals surface area contributed by atoms with Crippen molar-refractivity contribution in [3.05, 3.63) is 54.9 Å². The Balaban J connectivity index is 1.69. The number of sulfonamides is 1. The second-order valence-electron chi connectivity index (χ2n) is 8.89. The Morgan fingerprint density at radius 2 is 1.38 bits per heavy atom. The third kappa shape index (κ3) is 5.62.